The van der Waals surface area contributed by atoms with Crippen LogP contribution >= 0.6 is 23.1 Å². The van der Waals surface area contributed by atoms with Gasteiger partial charge in [0.1, 0.15) is 27.8 Å². The van der Waals surface area contributed by atoms with Crippen LogP contribution in [0.5, 0.6) is 5.75 Å². The molecule has 7 nitrogen and oxygen atoms in total. The molecule has 9 heteroatoms. The monoisotopic (exact) mass is 384 g/mol. The lowest BCUT2D eigenvalue weighted by Crippen LogP contribution is -2.12. The number of benzene rings is 1. The van der Waals surface area contributed by atoms with Gasteiger partial charge in [-0.25, -0.2) is 0 Å². The largest absolute Gasteiger partial charge is 0.506 e. The van der Waals surface area contributed by atoms with E-state index in [4.69, 9.17) is 11.5 Å². The molecular weight excluding hydrogens is 372 g/mol. The molecule has 0 aliphatic carbocycles. The van der Waals surface area contributed by atoms with Gasteiger partial charge in [-0.2, -0.15) is 5.26 Å². The van der Waals surface area contributed by atoms with Crippen LogP contribution < -0.4 is 11.5 Å². The number of thioether (sulfide) groups is 1. The molecule has 0 atom stereocenters. The summed E-state index contributed by atoms with van der Waals surface area (Å²) >= 11 is 2.11. The maximum atomic E-state index is 13.0. The average Bonchev–Trinajstić information content (AvgIpc) is 2.95. The Bertz CT molecular complexity index is 1090. The summed E-state index contributed by atoms with van der Waals surface area (Å²) in [6.07, 6.45) is 1.52. The number of hydrogen-bond donors (Lipinski definition) is 3. The van der Waals surface area contributed by atoms with Gasteiger partial charge in [0.2, 0.25) is 11.7 Å². The molecule has 0 saturated heterocycles. The summed E-state index contributed by atoms with van der Waals surface area (Å²) in [5, 5.41) is 19.7. The fourth-order valence-corrected chi connectivity index (χ4v) is 4.51. The molecule has 0 aliphatic rings. The molecule has 0 unspecified atom stereocenters. The van der Waals surface area contributed by atoms with Crippen LogP contribution in [0.15, 0.2) is 34.7 Å². The molecule has 26 heavy (non-hydrogen) atoms. The molecule has 5 N–H and O–H groups in total. The van der Waals surface area contributed by atoms with Gasteiger partial charge in [-0.3, -0.25) is 14.6 Å². The molecule has 0 bridgehead atoms. The van der Waals surface area contributed by atoms with E-state index in [2.05, 4.69) is 4.98 Å². The summed E-state index contributed by atoms with van der Waals surface area (Å²) in [6.45, 7) is 0. The smallest absolute Gasteiger partial charge is 0.227 e. The SMILES string of the molecule is N#Cc1c(SCC(N)=O)sc(C(=O)c2ccc(O)c3ncccc23)c1N. The Kier molecular flexibility index (Phi) is 4.79. The first-order chi connectivity index (χ1) is 12.4. The van der Waals surface area contributed by atoms with Gasteiger partial charge in [-0.15, -0.1) is 23.1 Å². The fourth-order valence-electron chi connectivity index (χ4n) is 2.41. The summed E-state index contributed by atoms with van der Waals surface area (Å²) in [7, 11) is 0. The average molecular weight is 384 g/mol. The molecular formula is C17H12N4O3S2. The van der Waals surface area contributed by atoms with Crippen molar-refractivity contribution in [2.24, 2.45) is 5.73 Å². The Balaban J connectivity index is 2.11. The minimum atomic E-state index is -0.533. The molecule has 0 aliphatic heterocycles. The molecule has 1 amide bonds. The lowest BCUT2D eigenvalue weighted by molar-refractivity contribution is -0.115. The fraction of sp³-hybridized carbons (Fsp3) is 0.0588. The summed E-state index contributed by atoms with van der Waals surface area (Å²) in [5.74, 6) is -0.970. The molecule has 3 aromatic rings. The number of rotatable bonds is 5. The maximum absolute atomic E-state index is 13.0. The Morgan fingerprint density at radius 2 is 2.12 bits per heavy atom. The second kappa shape index (κ2) is 7.03. The van der Waals surface area contributed by atoms with Crippen molar-refractivity contribution in [1.29, 1.82) is 5.26 Å². The van der Waals surface area contributed by atoms with Gasteiger partial charge in [-0.05, 0) is 18.2 Å². The van der Waals surface area contributed by atoms with Crippen molar-refractivity contribution in [2.45, 2.75) is 4.21 Å². The minimum absolute atomic E-state index is 0.0195. The van der Waals surface area contributed by atoms with Crippen LogP contribution in [0.1, 0.15) is 20.8 Å². The number of amides is 1. The highest BCUT2D eigenvalue weighted by Gasteiger charge is 2.24. The first-order valence-corrected chi connectivity index (χ1v) is 9.09. The third-order valence-electron chi connectivity index (χ3n) is 3.57. The zero-order valence-electron chi connectivity index (χ0n) is 13.2. The molecule has 2 aromatic heterocycles. The van der Waals surface area contributed by atoms with E-state index in [-0.39, 0.29) is 33.4 Å². The highest BCUT2D eigenvalue weighted by molar-refractivity contribution is 8.01. The quantitative estimate of drug-likeness (QED) is 0.452. The second-order valence-electron chi connectivity index (χ2n) is 5.24. The number of aromatic hydroxyl groups is 1. The number of hydrogen-bond acceptors (Lipinski definition) is 8. The van der Waals surface area contributed by atoms with Crippen molar-refractivity contribution in [2.75, 3.05) is 11.5 Å². The van der Waals surface area contributed by atoms with Crippen molar-refractivity contribution in [3.8, 4) is 11.8 Å². The first kappa shape index (κ1) is 17.7. The Morgan fingerprint density at radius 1 is 1.35 bits per heavy atom. The molecule has 0 radical (unpaired) electrons. The number of primary amides is 1. The van der Waals surface area contributed by atoms with E-state index < -0.39 is 5.91 Å². The highest BCUT2D eigenvalue weighted by atomic mass is 32.2. The molecule has 130 valence electrons. The number of carbonyl (C=O) groups excluding carboxylic acids is 2. The van der Waals surface area contributed by atoms with Crippen LogP contribution in [0.25, 0.3) is 10.9 Å². The van der Waals surface area contributed by atoms with Gasteiger partial charge in [-0.1, -0.05) is 6.07 Å². The third kappa shape index (κ3) is 3.08. The van der Waals surface area contributed by atoms with E-state index in [9.17, 15) is 20.0 Å². The van der Waals surface area contributed by atoms with E-state index in [1.54, 1.807) is 12.1 Å². The molecule has 0 fully saturated rings. The van der Waals surface area contributed by atoms with Crippen molar-refractivity contribution in [3.05, 3.63) is 46.5 Å². The van der Waals surface area contributed by atoms with Crippen LogP contribution in [-0.4, -0.2) is 27.5 Å². The summed E-state index contributed by atoms with van der Waals surface area (Å²) in [5.41, 5.74) is 12.0. The van der Waals surface area contributed by atoms with Gasteiger partial charge < -0.3 is 16.6 Å². The van der Waals surface area contributed by atoms with Gasteiger partial charge >= 0.3 is 0 Å². The second-order valence-corrected chi connectivity index (χ2v) is 7.50. The molecule has 1 aromatic carbocycles. The zero-order chi connectivity index (χ0) is 18.8. The number of nitriles is 1. The Hall–Kier alpha value is -3.09. The van der Waals surface area contributed by atoms with E-state index in [0.717, 1.165) is 23.1 Å². The topological polar surface area (TPSA) is 143 Å². The lowest BCUT2D eigenvalue weighted by atomic mass is 10.0. The number of pyridine rings is 1. The van der Waals surface area contributed by atoms with E-state index in [0.29, 0.717) is 20.7 Å². The van der Waals surface area contributed by atoms with Gasteiger partial charge in [0.05, 0.1) is 15.6 Å². The number of ketones is 1. The predicted octanol–water partition coefficient (Wildman–Crippen LogP) is 2.26. The first-order valence-electron chi connectivity index (χ1n) is 7.29. The molecule has 3 rings (SSSR count). The molecule has 2 heterocycles. The number of thiophene rings is 1. The minimum Gasteiger partial charge on any atom is -0.506 e. The van der Waals surface area contributed by atoms with E-state index >= 15 is 0 Å². The number of nitrogens with two attached hydrogens (primary N) is 2. The lowest BCUT2D eigenvalue weighted by Gasteiger charge is -2.06. The summed E-state index contributed by atoms with van der Waals surface area (Å²) in [4.78, 5) is 28.3. The van der Waals surface area contributed by atoms with Gasteiger partial charge in [0, 0.05) is 17.1 Å². The number of phenolic OH excluding ortho intramolecular Hbond substituents is 1. The van der Waals surface area contributed by atoms with Crippen molar-refractivity contribution < 1.29 is 14.7 Å². The zero-order valence-corrected chi connectivity index (χ0v) is 14.9. The van der Waals surface area contributed by atoms with Crippen LogP contribution in [0.3, 0.4) is 0 Å². The van der Waals surface area contributed by atoms with Crippen LogP contribution in [0.2, 0.25) is 0 Å². The van der Waals surface area contributed by atoms with Crippen LogP contribution in [-0.2, 0) is 4.79 Å². The van der Waals surface area contributed by atoms with Crippen molar-refractivity contribution in [1.82, 2.24) is 4.98 Å². The number of nitrogens with zero attached hydrogens (tertiary/aromatic N) is 2. The number of anilines is 1. The Labute approximate surface area is 156 Å². The molecule has 0 spiro atoms. The van der Waals surface area contributed by atoms with Crippen molar-refractivity contribution >= 4 is 51.4 Å². The van der Waals surface area contributed by atoms with E-state index in [1.165, 1.54) is 18.3 Å². The number of fused-ring (bicyclic) bond motifs is 1. The summed E-state index contributed by atoms with van der Waals surface area (Å²) in [6, 6.07) is 8.18. The highest BCUT2D eigenvalue weighted by Crippen LogP contribution is 2.39. The van der Waals surface area contributed by atoms with Crippen LogP contribution in [0, 0.1) is 11.3 Å². The number of carbonyl (C=O) groups is 2. The molecule has 0 saturated carbocycles. The van der Waals surface area contributed by atoms with E-state index in [1.807, 2.05) is 6.07 Å². The number of phenols is 1. The van der Waals surface area contributed by atoms with Crippen molar-refractivity contribution in [3.63, 3.8) is 0 Å². The van der Waals surface area contributed by atoms with Gasteiger partial charge in [0.15, 0.2) is 0 Å². The number of aromatic nitrogens is 1. The predicted molar refractivity (Wildman–Crippen MR) is 100 cm³/mol. The Morgan fingerprint density at radius 3 is 2.81 bits per heavy atom. The van der Waals surface area contributed by atoms with Gasteiger partial charge in [0.25, 0.3) is 0 Å². The normalized spacial score (nSPS) is 10.6. The van der Waals surface area contributed by atoms with Crippen LogP contribution in [0.4, 0.5) is 5.69 Å². The maximum Gasteiger partial charge on any atom is 0.227 e. The third-order valence-corrected chi connectivity index (χ3v) is 6.07. The number of nitrogen functional groups attached to an aromatic ring is 1. The standard InChI is InChI=1S/C17H12N4O3S2/c18-6-10-13(20)16(26-17(10)25-7-12(19)23)15(24)9-3-4-11(22)14-8(9)2-1-5-21-14/h1-5,22H,7,20H2,(H2,19,23). The summed E-state index contributed by atoms with van der Waals surface area (Å²) < 4.78 is 0.466.